The van der Waals surface area contributed by atoms with Crippen LogP contribution in [0.25, 0.3) is 0 Å². The molecule has 0 aliphatic carbocycles. The van der Waals surface area contributed by atoms with E-state index < -0.39 is 36.0 Å². The SMILES string of the molecule is CC(C)C(=O)OC1CC(=O)OCC(Cc2ccccc2)C(=O)OC1C. The Hall–Kier alpha value is -2.37. The Morgan fingerprint density at radius 2 is 1.92 bits per heavy atom. The molecule has 0 spiro atoms. The number of hydrogen-bond acceptors (Lipinski definition) is 6. The fourth-order valence-electron chi connectivity index (χ4n) is 2.47. The molecule has 0 radical (unpaired) electrons. The summed E-state index contributed by atoms with van der Waals surface area (Å²) in [5.41, 5.74) is 0.954. The summed E-state index contributed by atoms with van der Waals surface area (Å²) in [7, 11) is 0. The van der Waals surface area contributed by atoms with Gasteiger partial charge in [0.05, 0.1) is 18.3 Å². The van der Waals surface area contributed by atoms with Crippen molar-refractivity contribution in [2.75, 3.05) is 6.61 Å². The van der Waals surface area contributed by atoms with Gasteiger partial charge in [0.2, 0.25) is 0 Å². The van der Waals surface area contributed by atoms with E-state index in [1.807, 2.05) is 30.3 Å². The number of ether oxygens (including phenoxy) is 3. The molecule has 1 fully saturated rings. The molecular formula is C19H24O6. The first-order valence-electron chi connectivity index (χ1n) is 8.47. The second-order valence-electron chi connectivity index (χ2n) is 6.55. The molecule has 3 unspecified atom stereocenters. The number of hydrogen-bond donors (Lipinski definition) is 0. The maximum atomic E-state index is 12.5. The standard InChI is InChI=1S/C19H24O6/c1-12(2)18(21)25-16-10-17(20)23-11-15(19(22)24-13(16)3)9-14-7-5-4-6-8-14/h4-8,12-13,15-16H,9-11H2,1-3H3. The van der Waals surface area contributed by atoms with Crippen molar-refractivity contribution >= 4 is 17.9 Å². The van der Waals surface area contributed by atoms with Gasteiger partial charge in [0.25, 0.3) is 0 Å². The number of rotatable bonds is 4. The van der Waals surface area contributed by atoms with Gasteiger partial charge in [-0.25, -0.2) is 0 Å². The van der Waals surface area contributed by atoms with Gasteiger partial charge >= 0.3 is 17.9 Å². The summed E-state index contributed by atoms with van der Waals surface area (Å²) in [5, 5.41) is 0. The topological polar surface area (TPSA) is 78.9 Å². The molecule has 0 saturated carbocycles. The molecule has 0 N–H and O–H groups in total. The molecule has 1 aliphatic heterocycles. The smallest absolute Gasteiger partial charge is 0.313 e. The zero-order valence-corrected chi connectivity index (χ0v) is 14.8. The summed E-state index contributed by atoms with van der Waals surface area (Å²) < 4.78 is 16.0. The molecule has 2 rings (SSSR count). The second-order valence-corrected chi connectivity index (χ2v) is 6.55. The third-order valence-electron chi connectivity index (χ3n) is 4.04. The molecule has 6 nitrogen and oxygen atoms in total. The average Bonchev–Trinajstić information content (AvgIpc) is 2.61. The van der Waals surface area contributed by atoms with Crippen molar-refractivity contribution in [2.45, 2.75) is 45.8 Å². The number of carbonyl (C=O) groups excluding carboxylic acids is 3. The predicted octanol–water partition coefficient (Wildman–Crippen LogP) is 2.29. The fourth-order valence-corrected chi connectivity index (χ4v) is 2.47. The maximum Gasteiger partial charge on any atom is 0.313 e. The summed E-state index contributed by atoms with van der Waals surface area (Å²) >= 11 is 0. The van der Waals surface area contributed by atoms with Crippen LogP contribution in [0.2, 0.25) is 0 Å². The van der Waals surface area contributed by atoms with Crippen LogP contribution in [0.1, 0.15) is 32.8 Å². The van der Waals surface area contributed by atoms with E-state index in [2.05, 4.69) is 0 Å². The third kappa shape index (κ3) is 5.59. The third-order valence-corrected chi connectivity index (χ3v) is 4.04. The molecule has 0 aromatic heterocycles. The van der Waals surface area contributed by atoms with Gasteiger partial charge in [0.1, 0.15) is 18.8 Å². The minimum Gasteiger partial charge on any atom is -0.465 e. The van der Waals surface area contributed by atoms with Crippen LogP contribution in [0.3, 0.4) is 0 Å². The van der Waals surface area contributed by atoms with Crippen molar-refractivity contribution in [3.63, 3.8) is 0 Å². The van der Waals surface area contributed by atoms with Gasteiger partial charge in [0.15, 0.2) is 0 Å². The number of carbonyl (C=O) groups is 3. The van der Waals surface area contributed by atoms with Gasteiger partial charge in [-0.2, -0.15) is 0 Å². The Labute approximate surface area is 147 Å². The van der Waals surface area contributed by atoms with Gasteiger partial charge in [0, 0.05) is 0 Å². The van der Waals surface area contributed by atoms with E-state index in [9.17, 15) is 14.4 Å². The monoisotopic (exact) mass is 348 g/mol. The molecule has 1 aliphatic rings. The summed E-state index contributed by atoms with van der Waals surface area (Å²) in [4.78, 5) is 36.3. The highest BCUT2D eigenvalue weighted by molar-refractivity contribution is 5.76. The van der Waals surface area contributed by atoms with Crippen molar-refractivity contribution in [2.24, 2.45) is 11.8 Å². The molecule has 1 aromatic carbocycles. The van der Waals surface area contributed by atoms with Crippen LogP contribution in [0.15, 0.2) is 30.3 Å². The van der Waals surface area contributed by atoms with Crippen LogP contribution in [-0.4, -0.2) is 36.7 Å². The largest absolute Gasteiger partial charge is 0.465 e. The Bertz CT molecular complexity index is 610. The van der Waals surface area contributed by atoms with Crippen molar-refractivity contribution in [1.29, 1.82) is 0 Å². The highest BCUT2D eigenvalue weighted by Gasteiger charge is 2.34. The van der Waals surface area contributed by atoms with Crippen LogP contribution in [-0.2, 0) is 35.0 Å². The van der Waals surface area contributed by atoms with E-state index in [-0.39, 0.29) is 18.9 Å². The average molecular weight is 348 g/mol. The van der Waals surface area contributed by atoms with Gasteiger partial charge in [-0.15, -0.1) is 0 Å². The maximum absolute atomic E-state index is 12.5. The van der Waals surface area contributed by atoms with Gasteiger partial charge < -0.3 is 14.2 Å². The lowest BCUT2D eigenvalue weighted by atomic mass is 10.0. The summed E-state index contributed by atoms with van der Waals surface area (Å²) in [5.74, 6) is -2.34. The molecule has 1 heterocycles. The van der Waals surface area contributed by atoms with E-state index in [1.54, 1.807) is 20.8 Å². The minimum absolute atomic E-state index is 0.0515. The fraction of sp³-hybridized carbons (Fsp3) is 0.526. The van der Waals surface area contributed by atoms with Crippen LogP contribution >= 0.6 is 0 Å². The molecule has 1 aromatic rings. The van der Waals surface area contributed by atoms with Crippen LogP contribution in [0.4, 0.5) is 0 Å². The van der Waals surface area contributed by atoms with Gasteiger partial charge in [-0.1, -0.05) is 44.2 Å². The molecule has 136 valence electrons. The van der Waals surface area contributed by atoms with E-state index >= 15 is 0 Å². The van der Waals surface area contributed by atoms with Crippen LogP contribution in [0.5, 0.6) is 0 Å². The van der Waals surface area contributed by atoms with Crippen molar-refractivity contribution < 1.29 is 28.6 Å². The Morgan fingerprint density at radius 3 is 2.56 bits per heavy atom. The number of esters is 3. The number of cyclic esters (lactones) is 2. The lowest BCUT2D eigenvalue weighted by Crippen LogP contribution is -2.36. The van der Waals surface area contributed by atoms with Crippen molar-refractivity contribution in [3.05, 3.63) is 35.9 Å². The molecule has 3 atom stereocenters. The Balaban J connectivity index is 2.09. The lowest BCUT2D eigenvalue weighted by Gasteiger charge is -2.24. The highest BCUT2D eigenvalue weighted by Crippen LogP contribution is 2.19. The van der Waals surface area contributed by atoms with Gasteiger partial charge in [-0.3, -0.25) is 14.4 Å². The second kappa shape index (κ2) is 8.65. The van der Waals surface area contributed by atoms with Gasteiger partial charge in [-0.05, 0) is 18.9 Å². The number of benzene rings is 1. The van der Waals surface area contributed by atoms with E-state index in [0.717, 1.165) is 5.56 Å². The summed E-state index contributed by atoms with van der Waals surface area (Å²) in [6, 6.07) is 9.45. The molecular weight excluding hydrogens is 324 g/mol. The molecule has 0 bridgehead atoms. The first-order chi connectivity index (χ1) is 11.9. The molecule has 1 saturated heterocycles. The Kier molecular flexibility index (Phi) is 6.56. The first-order valence-corrected chi connectivity index (χ1v) is 8.47. The van der Waals surface area contributed by atoms with Crippen molar-refractivity contribution in [1.82, 2.24) is 0 Å². The van der Waals surface area contributed by atoms with E-state index in [0.29, 0.717) is 6.42 Å². The summed E-state index contributed by atoms with van der Waals surface area (Å²) in [6.07, 6.45) is -1.29. The zero-order valence-electron chi connectivity index (χ0n) is 14.8. The molecule has 6 heteroatoms. The predicted molar refractivity (Wildman–Crippen MR) is 89.5 cm³/mol. The van der Waals surface area contributed by atoms with Crippen LogP contribution < -0.4 is 0 Å². The quantitative estimate of drug-likeness (QED) is 0.614. The highest BCUT2D eigenvalue weighted by atomic mass is 16.6. The normalized spacial score (nSPS) is 24.6. The first kappa shape index (κ1) is 19.0. The minimum atomic E-state index is -0.846. The summed E-state index contributed by atoms with van der Waals surface area (Å²) in [6.45, 7) is 4.96. The van der Waals surface area contributed by atoms with Crippen LogP contribution in [0, 0.1) is 11.8 Å². The van der Waals surface area contributed by atoms with E-state index in [1.165, 1.54) is 0 Å². The van der Waals surface area contributed by atoms with Crippen molar-refractivity contribution in [3.8, 4) is 0 Å². The van der Waals surface area contributed by atoms with E-state index in [4.69, 9.17) is 14.2 Å². The zero-order chi connectivity index (χ0) is 18.4. The lowest BCUT2D eigenvalue weighted by molar-refractivity contribution is -0.171. The molecule has 25 heavy (non-hydrogen) atoms. The molecule has 0 amide bonds. The Morgan fingerprint density at radius 1 is 1.24 bits per heavy atom.